The van der Waals surface area contributed by atoms with Crippen LogP contribution >= 0.6 is 0 Å². The molecule has 0 aliphatic carbocycles. The summed E-state index contributed by atoms with van der Waals surface area (Å²) in [6, 6.07) is 10.9. The second kappa shape index (κ2) is 6.60. The molecule has 0 bridgehead atoms. The van der Waals surface area contributed by atoms with Crippen LogP contribution in [0.3, 0.4) is 0 Å². The van der Waals surface area contributed by atoms with Gasteiger partial charge >= 0.3 is 6.03 Å². The number of rotatable bonds is 3. The average Bonchev–Trinajstić information content (AvgIpc) is 3.06. The molecule has 1 aromatic carbocycles. The van der Waals surface area contributed by atoms with Crippen LogP contribution in [0.15, 0.2) is 48.8 Å². The van der Waals surface area contributed by atoms with Gasteiger partial charge in [0.05, 0.1) is 0 Å². The number of pyridine rings is 1. The van der Waals surface area contributed by atoms with Crippen LogP contribution in [0.2, 0.25) is 0 Å². The van der Waals surface area contributed by atoms with E-state index in [4.69, 9.17) is 0 Å². The SMILES string of the molecule is CC(=O)c1ccc(NC(=O)N2CCC(c3ccncc3)C2)cc1. The third kappa shape index (κ3) is 3.56. The van der Waals surface area contributed by atoms with Crippen molar-refractivity contribution in [3.8, 4) is 0 Å². The molecule has 1 atom stereocenters. The Morgan fingerprint density at radius 3 is 2.48 bits per heavy atom. The molecule has 1 unspecified atom stereocenters. The molecule has 1 saturated heterocycles. The minimum Gasteiger partial charge on any atom is -0.324 e. The van der Waals surface area contributed by atoms with Crippen molar-refractivity contribution in [3.63, 3.8) is 0 Å². The number of hydrogen-bond donors (Lipinski definition) is 1. The fourth-order valence-electron chi connectivity index (χ4n) is 2.84. The first-order chi connectivity index (χ1) is 11.1. The number of nitrogens with one attached hydrogen (secondary N) is 1. The summed E-state index contributed by atoms with van der Waals surface area (Å²) in [5.74, 6) is 0.381. The molecule has 1 fully saturated rings. The van der Waals surface area contributed by atoms with Gasteiger partial charge in [-0.3, -0.25) is 9.78 Å². The first kappa shape index (κ1) is 15.2. The number of benzene rings is 1. The Bertz CT molecular complexity index is 698. The van der Waals surface area contributed by atoms with Gasteiger partial charge in [0.25, 0.3) is 0 Å². The molecule has 1 N–H and O–H groups in total. The first-order valence-electron chi connectivity index (χ1n) is 7.70. The number of urea groups is 1. The van der Waals surface area contributed by atoms with Gasteiger partial charge in [0, 0.05) is 42.7 Å². The maximum absolute atomic E-state index is 12.3. The summed E-state index contributed by atoms with van der Waals surface area (Å²) < 4.78 is 0. The predicted molar refractivity (Wildman–Crippen MR) is 88.6 cm³/mol. The summed E-state index contributed by atoms with van der Waals surface area (Å²) in [5.41, 5.74) is 2.57. The maximum Gasteiger partial charge on any atom is 0.321 e. The van der Waals surface area contributed by atoms with Crippen LogP contribution in [0.4, 0.5) is 10.5 Å². The van der Waals surface area contributed by atoms with Gasteiger partial charge in [-0.25, -0.2) is 4.79 Å². The van der Waals surface area contributed by atoms with Crippen LogP contribution < -0.4 is 5.32 Å². The lowest BCUT2D eigenvalue weighted by atomic mass is 10.00. The summed E-state index contributed by atoms with van der Waals surface area (Å²) in [7, 11) is 0. The van der Waals surface area contributed by atoms with E-state index in [9.17, 15) is 9.59 Å². The van der Waals surface area contributed by atoms with Crippen molar-refractivity contribution in [2.45, 2.75) is 19.3 Å². The smallest absolute Gasteiger partial charge is 0.321 e. The van der Waals surface area contributed by atoms with Gasteiger partial charge in [-0.2, -0.15) is 0 Å². The van der Waals surface area contributed by atoms with E-state index >= 15 is 0 Å². The van der Waals surface area contributed by atoms with Gasteiger partial charge in [0.1, 0.15) is 0 Å². The van der Waals surface area contributed by atoms with Crippen molar-refractivity contribution < 1.29 is 9.59 Å². The highest BCUT2D eigenvalue weighted by molar-refractivity contribution is 5.95. The molecule has 3 rings (SSSR count). The van der Waals surface area contributed by atoms with Crippen molar-refractivity contribution in [2.24, 2.45) is 0 Å². The monoisotopic (exact) mass is 309 g/mol. The molecule has 2 heterocycles. The zero-order chi connectivity index (χ0) is 16.2. The summed E-state index contributed by atoms with van der Waals surface area (Å²) in [6.07, 6.45) is 4.53. The topological polar surface area (TPSA) is 62.3 Å². The van der Waals surface area contributed by atoms with Gasteiger partial charge < -0.3 is 10.2 Å². The Labute approximate surface area is 135 Å². The maximum atomic E-state index is 12.3. The van der Waals surface area contributed by atoms with E-state index in [0.717, 1.165) is 13.0 Å². The Hall–Kier alpha value is -2.69. The highest BCUT2D eigenvalue weighted by Gasteiger charge is 2.27. The standard InChI is InChI=1S/C18H19N3O2/c1-13(22)14-2-4-17(5-3-14)20-18(23)21-11-8-16(12-21)15-6-9-19-10-7-15/h2-7,9-10,16H,8,11-12H2,1H3,(H,20,23). The number of carbonyl (C=O) groups is 2. The second-order valence-corrected chi connectivity index (χ2v) is 5.78. The zero-order valence-electron chi connectivity index (χ0n) is 13.0. The van der Waals surface area contributed by atoms with Crippen LogP contribution in [-0.2, 0) is 0 Å². The highest BCUT2D eigenvalue weighted by Crippen LogP contribution is 2.27. The normalized spacial score (nSPS) is 17.1. The number of nitrogens with zero attached hydrogens (tertiary/aromatic N) is 2. The number of aromatic nitrogens is 1. The molecule has 118 valence electrons. The molecule has 0 saturated carbocycles. The summed E-state index contributed by atoms with van der Waals surface area (Å²) in [6.45, 7) is 2.97. The zero-order valence-corrected chi connectivity index (χ0v) is 13.0. The van der Waals surface area contributed by atoms with Gasteiger partial charge in [-0.05, 0) is 55.3 Å². The average molecular weight is 309 g/mol. The number of Topliss-reactive ketones (excluding diaryl/α,β-unsaturated/α-hetero) is 1. The Morgan fingerprint density at radius 1 is 1.13 bits per heavy atom. The van der Waals surface area contributed by atoms with E-state index in [1.54, 1.807) is 36.7 Å². The minimum atomic E-state index is -0.0999. The Balaban J connectivity index is 1.60. The fourth-order valence-corrected chi connectivity index (χ4v) is 2.84. The molecule has 1 aliphatic heterocycles. The van der Waals surface area contributed by atoms with Crippen molar-refractivity contribution in [1.29, 1.82) is 0 Å². The largest absolute Gasteiger partial charge is 0.324 e. The van der Waals surface area contributed by atoms with Gasteiger partial charge in [0.2, 0.25) is 0 Å². The lowest BCUT2D eigenvalue weighted by Crippen LogP contribution is -2.32. The second-order valence-electron chi connectivity index (χ2n) is 5.78. The molecule has 23 heavy (non-hydrogen) atoms. The van der Waals surface area contributed by atoms with E-state index < -0.39 is 0 Å². The minimum absolute atomic E-state index is 0.0163. The highest BCUT2D eigenvalue weighted by atomic mass is 16.2. The number of likely N-dealkylation sites (tertiary alicyclic amines) is 1. The Kier molecular flexibility index (Phi) is 4.37. The number of anilines is 1. The number of carbonyl (C=O) groups excluding carboxylic acids is 2. The van der Waals surface area contributed by atoms with Crippen LogP contribution in [0, 0.1) is 0 Å². The van der Waals surface area contributed by atoms with Crippen molar-refractivity contribution in [1.82, 2.24) is 9.88 Å². The van der Waals surface area contributed by atoms with E-state index in [0.29, 0.717) is 23.7 Å². The molecular formula is C18H19N3O2. The molecule has 2 amide bonds. The van der Waals surface area contributed by atoms with Crippen LogP contribution in [0.25, 0.3) is 0 Å². The fraction of sp³-hybridized carbons (Fsp3) is 0.278. The number of hydrogen-bond acceptors (Lipinski definition) is 3. The Morgan fingerprint density at radius 2 is 1.83 bits per heavy atom. The third-order valence-corrected chi connectivity index (χ3v) is 4.20. The molecule has 1 aromatic heterocycles. The number of amides is 2. The summed E-state index contributed by atoms with van der Waals surface area (Å²) in [4.78, 5) is 29.5. The molecule has 2 aromatic rings. The predicted octanol–water partition coefficient (Wildman–Crippen LogP) is 3.31. The third-order valence-electron chi connectivity index (χ3n) is 4.20. The number of ketones is 1. The van der Waals surface area contributed by atoms with Crippen LogP contribution in [0.1, 0.15) is 35.2 Å². The lowest BCUT2D eigenvalue weighted by Gasteiger charge is -2.17. The van der Waals surface area contributed by atoms with Crippen molar-refractivity contribution in [2.75, 3.05) is 18.4 Å². The van der Waals surface area contributed by atoms with Crippen molar-refractivity contribution >= 4 is 17.5 Å². The molecule has 0 radical (unpaired) electrons. The lowest BCUT2D eigenvalue weighted by molar-refractivity contribution is 0.101. The summed E-state index contributed by atoms with van der Waals surface area (Å²) >= 11 is 0. The first-order valence-corrected chi connectivity index (χ1v) is 7.70. The molecule has 5 nitrogen and oxygen atoms in total. The molecule has 5 heteroatoms. The molecule has 1 aliphatic rings. The summed E-state index contributed by atoms with van der Waals surface area (Å²) in [5, 5.41) is 2.89. The molecular weight excluding hydrogens is 290 g/mol. The van der Waals surface area contributed by atoms with E-state index in [-0.39, 0.29) is 11.8 Å². The van der Waals surface area contributed by atoms with Gasteiger partial charge in [0.15, 0.2) is 5.78 Å². The van der Waals surface area contributed by atoms with Crippen LogP contribution in [0.5, 0.6) is 0 Å². The van der Waals surface area contributed by atoms with E-state index in [1.165, 1.54) is 12.5 Å². The van der Waals surface area contributed by atoms with Gasteiger partial charge in [-0.1, -0.05) is 0 Å². The van der Waals surface area contributed by atoms with Gasteiger partial charge in [-0.15, -0.1) is 0 Å². The van der Waals surface area contributed by atoms with Crippen LogP contribution in [-0.4, -0.2) is 34.8 Å². The quantitative estimate of drug-likeness (QED) is 0.885. The van der Waals surface area contributed by atoms with E-state index in [1.807, 2.05) is 17.0 Å². The van der Waals surface area contributed by atoms with Crippen molar-refractivity contribution in [3.05, 3.63) is 59.9 Å². The molecule has 0 spiro atoms. The van der Waals surface area contributed by atoms with E-state index in [2.05, 4.69) is 10.3 Å².